The molecule has 3 rings (SSSR count). The summed E-state index contributed by atoms with van der Waals surface area (Å²) in [7, 11) is 0. The average Bonchev–Trinajstić information content (AvgIpc) is 2.96. The van der Waals surface area contributed by atoms with Crippen LogP contribution in [0.25, 0.3) is 6.08 Å². The van der Waals surface area contributed by atoms with Crippen molar-refractivity contribution < 1.29 is 39.5 Å². The van der Waals surface area contributed by atoms with Crippen LogP contribution < -0.4 is 29.6 Å². The molecule has 1 aliphatic carbocycles. The molecular formula is C13H12N2NaO2S+. The third-order valence-electron chi connectivity index (χ3n) is 3.03. The van der Waals surface area contributed by atoms with Crippen molar-refractivity contribution in [3.05, 3.63) is 45.7 Å². The Kier molecular flexibility index (Phi) is 4.62. The van der Waals surface area contributed by atoms with Gasteiger partial charge in [0.2, 0.25) is 0 Å². The van der Waals surface area contributed by atoms with Gasteiger partial charge in [0, 0.05) is 27.7 Å². The van der Waals surface area contributed by atoms with Crippen LogP contribution in [0.3, 0.4) is 0 Å². The van der Waals surface area contributed by atoms with Crippen molar-refractivity contribution in [1.82, 2.24) is 9.55 Å². The van der Waals surface area contributed by atoms with Crippen LogP contribution in [0.1, 0.15) is 21.7 Å². The number of carboxylic acid groups (broad SMARTS) is 1. The monoisotopic (exact) mass is 283 g/mol. The number of hydrogen-bond acceptors (Lipinski definition) is 3. The van der Waals surface area contributed by atoms with Crippen LogP contribution in [-0.2, 0) is 17.8 Å². The van der Waals surface area contributed by atoms with Gasteiger partial charge in [-0.1, -0.05) is 0 Å². The molecule has 0 atom stereocenters. The van der Waals surface area contributed by atoms with Gasteiger partial charge in [0.25, 0.3) is 0 Å². The van der Waals surface area contributed by atoms with E-state index in [1.807, 2.05) is 16.8 Å². The topological polar surface area (TPSA) is 55.1 Å². The van der Waals surface area contributed by atoms with Gasteiger partial charge in [0.15, 0.2) is 0 Å². The Morgan fingerprint density at radius 3 is 3.00 bits per heavy atom. The molecule has 0 saturated carbocycles. The Morgan fingerprint density at radius 1 is 1.47 bits per heavy atom. The summed E-state index contributed by atoms with van der Waals surface area (Å²) >= 11 is 1.67. The van der Waals surface area contributed by atoms with E-state index in [0.29, 0.717) is 12.0 Å². The fraction of sp³-hybridized carbons (Fsp3) is 0.231. The Balaban J connectivity index is 0.00000133. The number of carboxylic acids is 1. The number of fused-ring (bicyclic) bond motifs is 1. The molecule has 92 valence electrons. The van der Waals surface area contributed by atoms with Gasteiger partial charge in [0.1, 0.15) is 0 Å². The summed E-state index contributed by atoms with van der Waals surface area (Å²) in [6.07, 6.45) is 8.74. The summed E-state index contributed by atoms with van der Waals surface area (Å²) in [5.74, 6) is -0.801. The van der Waals surface area contributed by atoms with E-state index in [1.165, 1.54) is 10.4 Å². The molecular weight excluding hydrogens is 271 g/mol. The number of thiophene rings is 1. The molecule has 1 aliphatic rings. The summed E-state index contributed by atoms with van der Waals surface area (Å²) < 4.78 is 2.01. The summed E-state index contributed by atoms with van der Waals surface area (Å²) in [6.45, 7) is 0.800. The van der Waals surface area contributed by atoms with Gasteiger partial charge in [-0.2, -0.15) is 0 Å². The molecule has 2 heterocycles. The fourth-order valence-corrected chi connectivity index (χ4v) is 3.32. The van der Waals surface area contributed by atoms with Crippen molar-refractivity contribution in [2.75, 3.05) is 0 Å². The second kappa shape index (κ2) is 6.05. The number of hydrogen-bond donors (Lipinski definition) is 1. The van der Waals surface area contributed by atoms with Crippen molar-refractivity contribution in [1.29, 1.82) is 0 Å². The van der Waals surface area contributed by atoms with Crippen LogP contribution in [0.15, 0.2) is 30.4 Å². The van der Waals surface area contributed by atoms with Gasteiger partial charge in [-0.15, -0.1) is 11.3 Å². The first-order valence-electron chi connectivity index (χ1n) is 5.73. The molecule has 0 fully saturated rings. The third-order valence-corrected chi connectivity index (χ3v) is 4.14. The molecule has 0 unspecified atom stereocenters. The van der Waals surface area contributed by atoms with E-state index in [0.717, 1.165) is 17.8 Å². The summed E-state index contributed by atoms with van der Waals surface area (Å²) in [5.41, 5.74) is 1.78. The minimum Gasteiger partial charge on any atom is -0.478 e. The normalized spacial score (nSPS) is 13.4. The van der Waals surface area contributed by atoms with Gasteiger partial charge in [-0.05, 0) is 30.5 Å². The first-order chi connectivity index (χ1) is 8.72. The fourth-order valence-electron chi connectivity index (χ4n) is 2.13. The zero-order chi connectivity index (χ0) is 12.5. The summed E-state index contributed by atoms with van der Waals surface area (Å²) in [5, 5.41) is 9.00. The van der Waals surface area contributed by atoms with E-state index in [1.54, 1.807) is 23.9 Å². The van der Waals surface area contributed by atoms with Gasteiger partial charge in [0.05, 0.1) is 12.9 Å². The van der Waals surface area contributed by atoms with Gasteiger partial charge >= 0.3 is 35.5 Å². The molecule has 2 aromatic rings. The molecule has 0 amide bonds. The molecule has 0 spiro atoms. The van der Waals surface area contributed by atoms with Crippen LogP contribution in [0.2, 0.25) is 0 Å². The van der Waals surface area contributed by atoms with E-state index in [9.17, 15) is 4.79 Å². The zero-order valence-electron chi connectivity index (χ0n) is 10.7. The predicted octanol–water partition coefficient (Wildman–Crippen LogP) is -0.589. The number of aliphatic carboxylic acids is 1. The zero-order valence-corrected chi connectivity index (χ0v) is 13.5. The van der Waals surface area contributed by atoms with Crippen molar-refractivity contribution >= 4 is 23.4 Å². The third kappa shape index (κ3) is 3.17. The SMILES string of the molecule is O=C(O)C1=Cc2sc(Cn3ccnc3)cc2CC1.[Na+]. The molecule has 2 aromatic heterocycles. The number of rotatable bonds is 3. The Labute approximate surface area is 137 Å². The second-order valence-corrected chi connectivity index (χ2v) is 5.48. The molecule has 0 aromatic carbocycles. The van der Waals surface area contributed by atoms with Crippen LogP contribution in [-0.4, -0.2) is 20.6 Å². The second-order valence-electron chi connectivity index (χ2n) is 4.31. The largest absolute Gasteiger partial charge is 1.00 e. The van der Waals surface area contributed by atoms with Crippen LogP contribution >= 0.6 is 11.3 Å². The summed E-state index contributed by atoms with van der Waals surface area (Å²) in [6, 6.07) is 2.18. The van der Waals surface area contributed by atoms with E-state index in [-0.39, 0.29) is 29.6 Å². The number of imidazole rings is 1. The van der Waals surface area contributed by atoms with Crippen LogP contribution in [0, 0.1) is 0 Å². The number of aromatic nitrogens is 2. The maximum Gasteiger partial charge on any atom is 1.00 e. The Hall–Kier alpha value is -0.880. The van der Waals surface area contributed by atoms with Gasteiger partial charge in [-0.3, -0.25) is 0 Å². The number of aryl methyl sites for hydroxylation is 1. The molecule has 19 heavy (non-hydrogen) atoms. The van der Waals surface area contributed by atoms with Crippen LogP contribution in [0.5, 0.6) is 0 Å². The van der Waals surface area contributed by atoms with Crippen molar-refractivity contribution in [3.63, 3.8) is 0 Å². The first-order valence-corrected chi connectivity index (χ1v) is 6.55. The molecule has 0 saturated heterocycles. The van der Waals surface area contributed by atoms with Crippen molar-refractivity contribution in [2.24, 2.45) is 0 Å². The molecule has 1 N–H and O–H groups in total. The van der Waals surface area contributed by atoms with Gasteiger partial charge < -0.3 is 9.67 Å². The average molecular weight is 283 g/mol. The van der Waals surface area contributed by atoms with E-state index < -0.39 is 5.97 Å². The number of carbonyl (C=O) groups is 1. The smallest absolute Gasteiger partial charge is 0.478 e. The molecule has 4 nitrogen and oxygen atoms in total. The minimum absolute atomic E-state index is 0. The molecule has 0 radical (unpaired) electrons. The molecule has 6 heteroatoms. The summed E-state index contributed by atoms with van der Waals surface area (Å²) in [4.78, 5) is 17.3. The van der Waals surface area contributed by atoms with E-state index in [4.69, 9.17) is 5.11 Å². The first kappa shape index (κ1) is 14.5. The number of nitrogens with zero attached hydrogens (tertiary/aromatic N) is 2. The Morgan fingerprint density at radius 2 is 2.32 bits per heavy atom. The van der Waals surface area contributed by atoms with E-state index >= 15 is 0 Å². The maximum absolute atomic E-state index is 11.0. The van der Waals surface area contributed by atoms with E-state index in [2.05, 4.69) is 11.1 Å². The standard InChI is InChI=1S/C13H12N2O2S.Na/c16-13(17)10-2-1-9-5-11(18-12(9)6-10)7-15-4-3-14-8-15;/h3-6,8H,1-2,7H2,(H,16,17);/q;+1. The predicted molar refractivity (Wildman–Crippen MR) is 69.6 cm³/mol. The van der Waals surface area contributed by atoms with Gasteiger partial charge in [-0.25, -0.2) is 9.78 Å². The maximum atomic E-state index is 11.0. The van der Waals surface area contributed by atoms with Crippen molar-refractivity contribution in [2.45, 2.75) is 19.4 Å². The van der Waals surface area contributed by atoms with Crippen molar-refractivity contribution in [3.8, 4) is 0 Å². The molecule has 0 bridgehead atoms. The molecule has 0 aliphatic heterocycles. The quantitative estimate of drug-likeness (QED) is 0.766. The Bertz CT molecular complexity index is 617. The minimum atomic E-state index is -0.801. The van der Waals surface area contributed by atoms with Crippen LogP contribution in [0.4, 0.5) is 0 Å².